The predicted octanol–water partition coefficient (Wildman–Crippen LogP) is 5.04. The smallest absolute Gasteiger partial charge is 0.0489 e. The zero-order valence-corrected chi connectivity index (χ0v) is 13.7. The van der Waals surface area contributed by atoms with Gasteiger partial charge in [0.2, 0.25) is 0 Å². The van der Waals surface area contributed by atoms with E-state index in [9.17, 15) is 0 Å². The van der Waals surface area contributed by atoms with Gasteiger partial charge in [0.1, 0.15) is 0 Å². The second-order valence-corrected chi connectivity index (χ2v) is 6.11. The van der Waals surface area contributed by atoms with Crippen LogP contribution in [0.25, 0.3) is 11.8 Å². The molecule has 1 aliphatic rings. The Morgan fingerprint density at radius 2 is 1.95 bits per heavy atom. The predicted molar refractivity (Wildman–Crippen MR) is 97.5 cm³/mol. The van der Waals surface area contributed by atoms with Crippen molar-refractivity contribution in [2.45, 2.75) is 6.54 Å². The highest BCUT2D eigenvalue weighted by Gasteiger charge is 2.24. The summed E-state index contributed by atoms with van der Waals surface area (Å²) in [5.41, 5.74) is 6.81. The molecule has 0 spiro atoms. The lowest BCUT2D eigenvalue weighted by molar-refractivity contribution is 1.03. The highest BCUT2D eigenvalue weighted by atomic mass is 35.5. The van der Waals surface area contributed by atoms with Crippen molar-refractivity contribution in [2.75, 3.05) is 23.9 Å². The van der Waals surface area contributed by atoms with Crippen LogP contribution < -0.4 is 9.80 Å². The van der Waals surface area contributed by atoms with Gasteiger partial charge >= 0.3 is 0 Å². The van der Waals surface area contributed by atoms with Gasteiger partial charge in [0.15, 0.2) is 0 Å². The largest absolute Gasteiger partial charge is 0.377 e. The number of halogens is 1. The maximum Gasteiger partial charge on any atom is 0.0489 e. The molecule has 0 fully saturated rings. The van der Waals surface area contributed by atoms with Crippen LogP contribution in [0.2, 0.25) is 5.02 Å². The van der Waals surface area contributed by atoms with Crippen LogP contribution in [0.5, 0.6) is 0 Å². The Labute approximate surface area is 136 Å². The first-order valence-corrected chi connectivity index (χ1v) is 7.58. The molecule has 112 valence electrons. The van der Waals surface area contributed by atoms with Crippen molar-refractivity contribution in [3.63, 3.8) is 0 Å². The summed E-state index contributed by atoms with van der Waals surface area (Å²) in [7, 11) is 4.08. The number of anilines is 2. The van der Waals surface area contributed by atoms with Gasteiger partial charge in [-0.15, -0.1) is 0 Å². The van der Waals surface area contributed by atoms with E-state index in [2.05, 4.69) is 41.2 Å². The number of hydrogen-bond acceptors (Lipinski definition) is 2. The van der Waals surface area contributed by atoms with E-state index >= 15 is 0 Å². The lowest BCUT2D eigenvalue weighted by atomic mass is 10.1. The molecule has 0 amide bonds. The minimum atomic E-state index is 0.768. The molecule has 0 aliphatic carbocycles. The van der Waals surface area contributed by atoms with Gasteiger partial charge < -0.3 is 9.80 Å². The average molecular weight is 311 g/mol. The van der Waals surface area contributed by atoms with Crippen molar-refractivity contribution in [3.05, 3.63) is 71.3 Å². The average Bonchev–Trinajstić information content (AvgIpc) is 2.82. The molecule has 22 heavy (non-hydrogen) atoms. The molecular weight excluding hydrogens is 292 g/mol. The van der Waals surface area contributed by atoms with E-state index in [1.807, 2.05) is 38.4 Å². The van der Waals surface area contributed by atoms with Crippen molar-refractivity contribution >= 4 is 34.7 Å². The molecule has 3 rings (SSSR count). The Kier molecular flexibility index (Phi) is 3.71. The first-order chi connectivity index (χ1) is 10.5. The van der Waals surface area contributed by atoms with Crippen molar-refractivity contribution in [3.8, 4) is 0 Å². The number of benzene rings is 2. The lowest BCUT2D eigenvalue weighted by Crippen LogP contribution is -2.15. The van der Waals surface area contributed by atoms with Gasteiger partial charge in [0, 0.05) is 48.3 Å². The van der Waals surface area contributed by atoms with E-state index in [4.69, 9.17) is 11.6 Å². The van der Waals surface area contributed by atoms with E-state index in [1.165, 1.54) is 11.1 Å². The Bertz CT molecular complexity index is 762. The molecule has 1 aliphatic heterocycles. The third-order valence-electron chi connectivity index (χ3n) is 4.06. The summed E-state index contributed by atoms with van der Waals surface area (Å²) in [4.78, 5) is 4.32. The topological polar surface area (TPSA) is 6.48 Å². The molecule has 2 nitrogen and oxygen atoms in total. The van der Waals surface area contributed by atoms with Crippen LogP contribution in [-0.4, -0.2) is 14.1 Å². The summed E-state index contributed by atoms with van der Waals surface area (Å²) in [5, 5.41) is 0.768. The molecule has 0 atom stereocenters. The van der Waals surface area contributed by atoms with Gasteiger partial charge in [0.05, 0.1) is 0 Å². The third-order valence-corrected chi connectivity index (χ3v) is 4.29. The summed E-state index contributed by atoms with van der Waals surface area (Å²) in [6.45, 7) is 8.94. The fourth-order valence-electron chi connectivity index (χ4n) is 2.89. The summed E-state index contributed by atoms with van der Waals surface area (Å²) >= 11 is 6.11. The van der Waals surface area contributed by atoms with Crippen LogP contribution >= 0.6 is 11.6 Å². The normalized spacial score (nSPS) is 13.2. The van der Waals surface area contributed by atoms with Crippen molar-refractivity contribution < 1.29 is 0 Å². The minimum Gasteiger partial charge on any atom is -0.377 e. The number of hydrogen-bond donors (Lipinski definition) is 0. The highest BCUT2D eigenvalue weighted by Crippen LogP contribution is 2.38. The molecule has 0 saturated heterocycles. The molecule has 1 heterocycles. The van der Waals surface area contributed by atoms with Crippen LogP contribution in [0, 0.1) is 0 Å². The fraction of sp³-hybridized carbons (Fsp3) is 0.158. The minimum absolute atomic E-state index is 0.768. The highest BCUT2D eigenvalue weighted by molar-refractivity contribution is 6.30. The zero-order chi connectivity index (χ0) is 15.9. The maximum atomic E-state index is 6.11. The van der Waals surface area contributed by atoms with Gasteiger partial charge in [-0.3, -0.25) is 0 Å². The monoisotopic (exact) mass is 310 g/mol. The second-order valence-electron chi connectivity index (χ2n) is 5.68. The number of nitrogens with zero attached hydrogens (tertiary/aromatic N) is 2. The third kappa shape index (κ3) is 2.40. The molecule has 0 saturated carbocycles. The Morgan fingerprint density at radius 3 is 2.64 bits per heavy atom. The summed E-state index contributed by atoms with van der Waals surface area (Å²) in [6, 6.07) is 12.4. The summed E-state index contributed by atoms with van der Waals surface area (Å²) in [6.07, 6.45) is 1.88. The Morgan fingerprint density at radius 1 is 1.18 bits per heavy atom. The molecular formula is C19H19ClN2. The van der Waals surface area contributed by atoms with Gasteiger partial charge in [-0.2, -0.15) is 0 Å². The second kappa shape index (κ2) is 5.54. The lowest BCUT2D eigenvalue weighted by Gasteiger charge is -2.23. The fourth-order valence-corrected chi connectivity index (χ4v) is 3.09. The van der Waals surface area contributed by atoms with E-state index in [1.54, 1.807) is 0 Å². The van der Waals surface area contributed by atoms with Crippen LogP contribution in [-0.2, 0) is 6.54 Å². The zero-order valence-electron chi connectivity index (χ0n) is 12.9. The quantitative estimate of drug-likeness (QED) is 0.783. The van der Waals surface area contributed by atoms with E-state index in [-0.39, 0.29) is 0 Å². The Balaban J connectivity index is 2.01. The maximum absolute atomic E-state index is 6.11. The van der Waals surface area contributed by atoms with Crippen LogP contribution in [0.3, 0.4) is 0 Å². The van der Waals surface area contributed by atoms with Crippen LogP contribution in [0.4, 0.5) is 11.4 Å². The van der Waals surface area contributed by atoms with Gasteiger partial charge in [-0.25, -0.2) is 0 Å². The standard InChI is InChI=1S/C19H19ClN2/c1-5-14-6-8-17(11-19(14)21(3)4)22-12-15-10-16(20)7-9-18(15)13(22)2/h5-11H,1-2,12H2,3-4H3. The van der Waals surface area contributed by atoms with Gasteiger partial charge in [-0.05, 0) is 35.4 Å². The van der Waals surface area contributed by atoms with Crippen LogP contribution in [0.15, 0.2) is 49.6 Å². The van der Waals surface area contributed by atoms with E-state index in [0.29, 0.717) is 0 Å². The van der Waals surface area contributed by atoms with Crippen LogP contribution in [0.1, 0.15) is 16.7 Å². The molecule has 3 heteroatoms. The van der Waals surface area contributed by atoms with Crippen molar-refractivity contribution in [1.82, 2.24) is 0 Å². The Hall–Kier alpha value is -2.19. The van der Waals surface area contributed by atoms with Gasteiger partial charge in [0.25, 0.3) is 0 Å². The molecule has 0 aromatic heterocycles. The van der Waals surface area contributed by atoms with Crippen molar-refractivity contribution in [1.29, 1.82) is 0 Å². The van der Waals surface area contributed by atoms with E-state index < -0.39 is 0 Å². The molecule has 0 radical (unpaired) electrons. The van der Waals surface area contributed by atoms with Crippen molar-refractivity contribution in [2.24, 2.45) is 0 Å². The van der Waals surface area contributed by atoms with Gasteiger partial charge in [-0.1, -0.05) is 43.0 Å². The molecule has 2 aromatic carbocycles. The molecule has 2 aromatic rings. The number of rotatable bonds is 3. The first kappa shape index (κ1) is 14.7. The first-order valence-electron chi connectivity index (χ1n) is 7.20. The SMILES string of the molecule is C=Cc1ccc(N2Cc3cc(Cl)ccc3C2=C)cc1N(C)C. The summed E-state index contributed by atoms with van der Waals surface area (Å²) in [5.74, 6) is 0. The number of fused-ring (bicyclic) bond motifs is 1. The molecule has 0 N–H and O–H groups in total. The van der Waals surface area contributed by atoms with E-state index in [0.717, 1.165) is 34.2 Å². The summed E-state index contributed by atoms with van der Waals surface area (Å²) < 4.78 is 0. The molecule has 0 bridgehead atoms. The molecule has 0 unspecified atom stereocenters.